The highest BCUT2D eigenvalue weighted by molar-refractivity contribution is 5.91. The smallest absolute Gasteiger partial charge is 0.402 e. The number of amides is 1. The van der Waals surface area contributed by atoms with Crippen LogP contribution in [0.1, 0.15) is 43.8 Å². The van der Waals surface area contributed by atoms with Gasteiger partial charge in [0.05, 0.1) is 11.2 Å². The molecule has 3 heterocycles. The molecule has 0 radical (unpaired) electrons. The number of carbonyl (C=O) groups is 1. The number of rotatable bonds is 3. The molecule has 36 heavy (non-hydrogen) atoms. The van der Waals surface area contributed by atoms with Gasteiger partial charge in [0, 0.05) is 22.4 Å². The normalized spacial score (nSPS) is 13.9. The largest absolute Gasteiger partial charge is 0.465 e. The zero-order chi connectivity index (χ0) is 25.1. The monoisotopic (exact) mass is 481 g/mol. The van der Waals surface area contributed by atoms with Gasteiger partial charge in [0.1, 0.15) is 23.4 Å². The number of aromatic nitrogens is 5. The lowest BCUT2D eigenvalue weighted by Gasteiger charge is -2.19. The van der Waals surface area contributed by atoms with Gasteiger partial charge in [-0.25, -0.2) is 24.3 Å². The fourth-order valence-corrected chi connectivity index (χ4v) is 4.84. The van der Waals surface area contributed by atoms with Crippen LogP contribution in [0.15, 0.2) is 67.0 Å². The van der Waals surface area contributed by atoms with E-state index in [1.165, 1.54) is 25.6 Å². The number of imidazole rings is 1. The molecule has 0 aliphatic heterocycles. The van der Waals surface area contributed by atoms with Crippen molar-refractivity contribution in [2.45, 2.75) is 38.0 Å². The van der Waals surface area contributed by atoms with E-state index in [0.717, 1.165) is 57.6 Å². The van der Waals surface area contributed by atoms with Crippen molar-refractivity contribution in [1.82, 2.24) is 24.6 Å². The molecule has 0 atom stereocenters. The molecule has 0 spiro atoms. The summed E-state index contributed by atoms with van der Waals surface area (Å²) in [5.74, 6) is 1.85. The van der Waals surface area contributed by atoms with E-state index in [9.17, 15) is 0 Å². The molecular formula is C27H27N7O2. The summed E-state index contributed by atoms with van der Waals surface area (Å²) in [4.78, 5) is 23.1. The van der Waals surface area contributed by atoms with Crippen LogP contribution in [0.25, 0.3) is 38.9 Å². The summed E-state index contributed by atoms with van der Waals surface area (Å²) in [7, 11) is 0. The zero-order valence-corrected chi connectivity index (χ0v) is 19.7. The molecule has 1 saturated carbocycles. The first-order chi connectivity index (χ1) is 17.5. The van der Waals surface area contributed by atoms with Crippen LogP contribution in [0.4, 0.5) is 10.6 Å². The number of nitrogens with zero attached hydrogens (tertiary/aromatic N) is 5. The molecule has 6 rings (SSSR count). The number of benzene rings is 2. The number of fused-ring (bicyclic) bond motifs is 2. The van der Waals surface area contributed by atoms with Crippen molar-refractivity contribution >= 4 is 28.3 Å². The Morgan fingerprint density at radius 2 is 1.67 bits per heavy atom. The summed E-state index contributed by atoms with van der Waals surface area (Å²) in [6.45, 7) is 0. The molecule has 3 aromatic heterocycles. The third-order valence-electron chi connectivity index (χ3n) is 6.49. The number of anilines is 1. The average Bonchev–Trinajstić information content (AvgIpc) is 3.30. The second-order valence-electron chi connectivity index (χ2n) is 8.87. The van der Waals surface area contributed by atoms with Gasteiger partial charge in [-0.15, -0.1) is 0 Å². The third kappa shape index (κ3) is 4.68. The molecule has 5 aromatic rings. The van der Waals surface area contributed by atoms with E-state index in [2.05, 4.69) is 58.3 Å². The standard InChI is InChI=1S/C26H24N6.CH3NO2/c27-25-24-23(31-26(32(24)29-16-28-25)19-9-5-2-6-10-19)20-12-11-18-13-14-21(30-22(18)15-20)17-7-3-1-4-8-17;2-1(3)4/h1,3-4,7-8,11-16,19H,2,5-6,9-10H2,(H2,27,28,29);2H2,(H,3,4). The van der Waals surface area contributed by atoms with Crippen LogP contribution in [-0.2, 0) is 0 Å². The van der Waals surface area contributed by atoms with Crippen LogP contribution in [0, 0.1) is 0 Å². The number of pyridine rings is 1. The summed E-state index contributed by atoms with van der Waals surface area (Å²) >= 11 is 0. The van der Waals surface area contributed by atoms with E-state index in [0.29, 0.717) is 11.7 Å². The highest BCUT2D eigenvalue weighted by Gasteiger charge is 2.25. The molecule has 9 heteroatoms. The van der Waals surface area contributed by atoms with E-state index in [1.54, 1.807) is 0 Å². The predicted molar refractivity (Wildman–Crippen MR) is 139 cm³/mol. The molecule has 0 bridgehead atoms. The van der Waals surface area contributed by atoms with E-state index >= 15 is 0 Å². The van der Waals surface area contributed by atoms with Crippen molar-refractivity contribution in [2.75, 3.05) is 5.73 Å². The van der Waals surface area contributed by atoms with Gasteiger partial charge in [-0.1, -0.05) is 67.8 Å². The Bertz CT molecular complexity index is 1520. The maximum Gasteiger partial charge on any atom is 0.402 e. The van der Waals surface area contributed by atoms with Crippen LogP contribution < -0.4 is 11.5 Å². The lowest BCUT2D eigenvalue weighted by atomic mass is 9.89. The van der Waals surface area contributed by atoms with Crippen molar-refractivity contribution in [2.24, 2.45) is 5.73 Å². The molecule has 1 aliphatic carbocycles. The lowest BCUT2D eigenvalue weighted by Crippen LogP contribution is -2.10. The van der Waals surface area contributed by atoms with Gasteiger partial charge in [-0.3, -0.25) is 0 Å². The number of nitrogen functional groups attached to an aromatic ring is 1. The molecule has 9 nitrogen and oxygen atoms in total. The van der Waals surface area contributed by atoms with Crippen molar-refractivity contribution in [3.8, 4) is 22.5 Å². The van der Waals surface area contributed by atoms with E-state index in [4.69, 9.17) is 25.6 Å². The van der Waals surface area contributed by atoms with Crippen LogP contribution in [0.3, 0.4) is 0 Å². The molecule has 5 N–H and O–H groups in total. The maximum atomic E-state index is 8.78. The number of nitrogens with two attached hydrogens (primary N) is 2. The minimum atomic E-state index is -1.33. The third-order valence-corrected chi connectivity index (χ3v) is 6.49. The first-order valence-electron chi connectivity index (χ1n) is 12.0. The second kappa shape index (κ2) is 9.99. The first kappa shape index (κ1) is 23.2. The van der Waals surface area contributed by atoms with Crippen LogP contribution in [0.2, 0.25) is 0 Å². The predicted octanol–water partition coefficient (Wildman–Crippen LogP) is 5.26. The van der Waals surface area contributed by atoms with E-state index < -0.39 is 6.09 Å². The molecule has 0 unspecified atom stereocenters. The number of primary amides is 1. The Labute approximate surface area is 207 Å². The van der Waals surface area contributed by atoms with Gasteiger partial charge < -0.3 is 16.6 Å². The SMILES string of the molecule is NC(=O)O.Nc1ncnn2c(C3CCCCC3)nc(-c3ccc4ccc(-c5ccccc5)nc4c3)c12. The Hall–Kier alpha value is -4.53. The van der Waals surface area contributed by atoms with Gasteiger partial charge in [0.25, 0.3) is 0 Å². The molecular weight excluding hydrogens is 454 g/mol. The first-order valence-corrected chi connectivity index (χ1v) is 12.0. The lowest BCUT2D eigenvalue weighted by molar-refractivity contribution is 0.205. The minimum absolute atomic E-state index is 0.405. The van der Waals surface area contributed by atoms with Crippen molar-refractivity contribution in [3.63, 3.8) is 0 Å². The second-order valence-corrected chi connectivity index (χ2v) is 8.87. The molecule has 2 aromatic carbocycles. The van der Waals surface area contributed by atoms with Crippen molar-refractivity contribution < 1.29 is 9.90 Å². The summed E-state index contributed by atoms with van der Waals surface area (Å²) < 4.78 is 1.91. The quantitative estimate of drug-likeness (QED) is 0.319. The summed E-state index contributed by atoms with van der Waals surface area (Å²) in [5, 5.41) is 12.8. The van der Waals surface area contributed by atoms with Gasteiger partial charge in [0.15, 0.2) is 5.82 Å². The molecule has 1 amide bonds. The Balaban J connectivity index is 0.000000623. The zero-order valence-electron chi connectivity index (χ0n) is 19.7. The highest BCUT2D eigenvalue weighted by Crippen LogP contribution is 2.36. The molecule has 0 saturated heterocycles. The number of hydrogen-bond donors (Lipinski definition) is 3. The Morgan fingerprint density at radius 3 is 2.42 bits per heavy atom. The van der Waals surface area contributed by atoms with Crippen molar-refractivity contribution in [3.05, 3.63) is 72.8 Å². The Kier molecular flexibility index (Phi) is 6.44. The summed E-state index contributed by atoms with van der Waals surface area (Å²) in [5.41, 5.74) is 15.9. The topological polar surface area (TPSA) is 145 Å². The fraction of sp³-hybridized carbons (Fsp3) is 0.222. The maximum absolute atomic E-state index is 8.78. The number of carboxylic acid groups (broad SMARTS) is 1. The van der Waals surface area contributed by atoms with E-state index in [-0.39, 0.29) is 0 Å². The minimum Gasteiger partial charge on any atom is -0.465 e. The van der Waals surface area contributed by atoms with Crippen molar-refractivity contribution in [1.29, 1.82) is 0 Å². The number of hydrogen-bond acceptors (Lipinski definition) is 6. The molecule has 1 fully saturated rings. The van der Waals surface area contributed by atoms with Crippen LogP contribution in [0.5, 0.6) is 0 Å². The summed E-state index contributed by atoms with van der Waals surface area (Å²) in [6.07, 6.45) is 6.23. The fourth-order valence-electron chi connectivity index (χ4n) is 4.84. The highest BCUT2D eigenvalue weighted by atomic mass is 16.4. The van der Waals surface area contributed by atoms with Crippen LogP contribution in [-0.4, -0.2) is 35.8 Å². The summed E-state index contributed by atoms with van der Waals surface area (Å²) in [6, 6.07) is 20.7. The van der Waals surface area contributed by atoms with E-state index in [1.807, 2.05) is 22.7 Å². The van der Waals surface area contributed by atoms with Gasteiger partial charge in [-0.2, -0.15) is 5.10 Å². The average molecular weight is 482 g/mol. The molecule has 182 valence electrons. The van der Waals surface area contributed by atoms with Crippen LogP contribution >= 0.6 is 0 Å². The van der Waals surface area contributed by atoms with Gasteiger partial charge in [0.2, 0.25) is 0 Å². The Morgan fingerprint density at radius 1 is 0.944 bits per heavy atom. The van der Waals surface area contributed by atoms with Gasteiger partial charge >= 0.3 is 6.09 Å². The molecule has 1 aliphatic rings. The van der Waals surface area contributed by atoms with Gasteiger partial charge in [-0.05, 0) is 25.0 Å².